The zero-order chi connectivity index (χ0) is 14.5. The highest BCUT2D eigenvalue weighted by Gasteiger charge is 2.14. The van der Waals surface area contributed by atoms with E-state index in [0.29, 0.717) is 5.56 Å². The number of methoxy groups -OCH3 is 1. The van der Waals surface area contributed by atoms with Gasteiger partial charge in [-0.1, -0.05) is 24.3 Å². The Morgan fingerprint density at radius 3 is 2.65 bits per heavy atom. The minimum atomic E-state index is -0.114. The second kappa shape index (κ2) is 6.74. The number of halogens is 1. The molecule has 0 unspecified atom stereocenters. The van der Waals surface area contributed by atoms with Gasteiger partial charge in [-0.15, -0.1) is 0 Å². The molecular formula is C16H16INO2. The molecule has 0 saturated heterocycles. The molecule has 0 radical (unpaired) electrons. The van der Waals surface area contributed by atoms with Crippen molar-refractivity contribution in [1.29, 1.82) is 0 Å². The lowest BCUT2D eigenvalue weighted by Crippen LogP contribution is -2.26. The van der Waals surface area contributed by atoms with Crippen LogP contribution in [0.2, 0.25) is 0 Å². The molecule has 0 heterocycles. The van der Waals surface area contributed by atoms with E-state index >= 15 is 0 Å². The van der Waals surface area contributed by atoms with E-state index in [4.69, 9.17) is 4.74 Å². The van der Waals surface area contributed by atoms with Crippen LogP contribution in [-0.4, -0.2) is 13.0 Å². The van der Waals surface area contributed by atoms with Crippen molar-refractivity contribution in [2.24, 2.45) is 0 Å². The van der Waals surface area contributed by atoms with Crippen LogP contribution >= 0.6 is 22.6 Å². The van der Waals surface area contributed by atoms with Crippen LogP contribution in [0.4, 0.5) is 0 Å². The number of rotatable bonds is 4. The van der Waals surface area contributed by atoms with Crippen LogP contribution < -0.4 is 10.1 Å². The van der Waals surface area contributed by atoms with Gasteiger partial charge in [-0.25, -0.2) is 0 Å². The summed E-state index contributed by atoms with van der Waals surface area (Å²) in [6, 6.07) is 15.1. The van der Waals surface area contributed by atoms with E-state index < -0.39 is 0 Å². The first kappa shape index (κ1) is 14.8. The van der Waals surface area contributed by atoms with Gasteiger partial charge in [0.25, 0.3) is 5.91 Å². The number of amides is 1. The van der Waals surface area contributed by atoms with Gasteiger partial charge < -0.3 is 10.1 Å². The predicted octanol–water partition coefficient (Wildman–Crippen LogP) is 3.79. The van der Waals surface area contributed by atoms with Gasteiger partial charge in [-0.05, 0) is 53.8 Å². The average Bonchev–Trinajstić information content (AvgIpc) is 2.47. The number of para-hydroxylation sites is 1. The lowest BCUT2D eigenvalue weighted by atomic mass is 10.1. The normalized spacial score (nSPS) is 11.8. The van der Waals surface area contributed by atoms with Gasteiger partial charge in [0.2, 0.25) is 0 Å². The Balaban J connectivity index is 2.15. The van der Waals surface area contributed by atoms with Gasteiger partial charge >= 0.3 is 0 Å². The molecule has 0 fully saturated rings. The number of hydrogen-bond donors (Lipinski definition) is 1. The van der Waals surface area contributed by atoms with Crippen LogP contribution in [0.1, 0.15) is 28.9 Å². The lowest BCUT2D eigenvalue weighted by molar-refractivity contribution is 0.0939. The Hall–Kier alpha value is -1.56. The van der Waals surface area contributed by atoms with E-state index in [-0.39, 0.29) is 11.9 Å². The standard InChI is InChI=1S/C16H16INO2/c1-11(14-8-3-4-9-15(14)20-2)18-16(19)12-6-5-7-13(17)10-12/h3-11H,1-2H3,(H,18,19)/t11-/m0/s1. The number of ether oxygens (including phenoxy) is 1. The van der Waals surface area contributed by atoms with Gasteiger partial charge in [-0.2, -0.15) is 0 Å². The van der Waals surface area contributed by atoms with Crippen LogP contribution in [0.3, 0.4) is 0 Å². The second-order valence-electron chi connectivity index (χ2n) is 4.45. The summed E-state index contributed by atoms with van der Waals surface area (Å²) < 4.78 is 6.36. The largest absolute Gasteiger partial charge is 0.496 e. The van der Waals surface area contributed by atoms with Gasteiger partial charge in [0.15, 0.2) is 0 Å². The van der Waals surface area contributed by atoms with Crippen molar-refractivity contribution in [3.05, 3.63) is 63.2 Å². The third-order valence-electron chi connectivity index (χ3n) is 3.04. The molecule has 2 aromatic carbocycles. The second-order valence-corrected chi connectivity index (χ2v) is 5.69. The fourth-order valence-electron chi connectivity index (χ4n) is 2.01. The quantitative estimate of drug-likeness (QED) is 0.819. The molecule has 104 valence electrons. The van der Waals surface area contributed by atoms with Gasteiger partial charge in [0.1, 0.15) is 5.75 Å². The number of carbonyl (C=O) groups is 1. The molecule has 0 saturated carbocycles. The molecule has 4 heteroatoms. The molecule has 2 rings (SSSR count). The zero-order valence-electron chi connectivity index (χ0n) is 11.4. The molecule has 0 aliphatic heterocycles. The van der Waals surface area contributed by atoms with Crippen molar-refractivity contribution < 1.29 is 9.53 Å². The smallest absolute Gasteiger partial charge is 0.251 e. The highest BCUT2D eigenvalue weighted by Crippen LogP contribution is 2.24. The summed E-state index contributed by atoms with van der Waals surface area (Å²) in [5.74, 6) is 0.699. The molecule has 0 aliphatic carbocycles. The first-order valence-electron chi connectivity index (χ1n) is 6.31. The highest BCUT2D eigenvalue weighted by atomic mass is 127. The van der Waals surface area contributed by atoms with Crippen molar-refractivity contribution in [3.63, 3.8) is 0 Å². The monoisotopic (exact) mass is 381 g/mol. The van der Waals surface area contributed by atoms with E-state index in [1.54, 1.807) is 7.11 Å². The van der Waals surface area contributed by atoms with Crippen LogP contribution in [0, 0.1) is 3.57 Å². The third-order valence-corrected chi connectivity index (χ3v) is 3.71. The average molecular weight is 381 g/mol. The number of nitrogens with one attached hydrogen (secondary N) is 1. The number of benzene rings is 2. The van der Waals surface area contributed by atoms with Crippen molar-refractivity contribution in [2.75, 3.05) is 7.11 Å². The van der Waals surface area contributed by atoms with Gasteiger partial charge in [0.05, 0.1) is 13.2 Å². The topological polar surface area (TPSA) is 38.3 Å². The summed E-state index contributed by atoms with van der Waals surface area (Å²) in [5, 5.41) is 2.99. The summed E-state index contributed by atoms with van der Waals surface area (Å²) in [6.45, 7) is 1.95. The SMILES string of the molecule is COc1ccccc1[C@H](C)NC(=O)c1cccc(I)c1. The first-order chi connectivity index (χ1) is 9.61. The summed E-state index contributed by atoms with van der Waals surface area (Å²) in [7, 11) is 1.63. The van der Waals surface area contributed by atoms with Gasteiger partial charge in [-0.3, -0.25) is 4.79 Å². The Morgan fingerprint density at radius 1 is 1.20 bits per heavy atom. The molecule has 2 aromatic rings. The lowest BCUT2D eigenvalue weighted by Gasteiger charge is -2.17. The number of carbonyl (C=O) groups excluding carboxylic acids is 1. The molecule has 20 heavy (non-hydrogen) atoms. The van der Waals surface area contributed by atoms with Crippen molar-refractivity contribution in [3.8, 4) is 5.75 Å². The predicted molar refractivity (Wildman–Crippen MR) is 88.0 cm³/mol. The summed E-state index contributed by atoms with van der Waals surface area (Å²) >= 11 is 2.20. The van der Waals surface area contributed by atoms with E-state index in [2.05, 4.69) is 27.9 Å². The summed E-state index contributed by atoms with van der Waals surface area (Å²) in [5.41, 5.74) is 1.63. The summed E-state index contributed by atoms with van der Waals surface area (Å²) in [6.07, 6.45) is 0. The maximum atomic E-state index is 12.2. The molecule has 3 nitrogen and oxygen atoms in total. The van der Waals surface area contributed by atoms with E-state index in [1.165, 1.54) is 0 Å². The third kappa shape index (κ3) is 3.50. The Kier molecular flexibility index (Phi) is 5.00. The van der Waals surface area contributed by atoms with Crippen LogP contribution in [0.5, 0.6) is 5.75 Å². The van der Waals surface area contributed by atoms with E-state index in [0.717, 1.165) is 14.9 Å². The fraction of sp³-hybridized carbons (Fsp3) is 0.188. The summed E-state index contributed by atoms with van der Waals surface area (Å²) in [4.78, 5) is 12.2. The molecule has 0 bridgehead atoms. The molecule has 1 atom stereocenters. The van der Waals surface area contributed by atoms with E-state index in [1.807, 2.05) is 55.5 Å². The van der Waals surface area contributed by atoms with Crippen molar-refractivity contribution in [1.82, 2.24) is 5.32 Å². The molecule has 1 N–H and O–H groups in total. The maximum Gasteiger partial charge on any atom is 0.251 e. The Morgan fingerprint density at radius 2 is 1.95 bits per heavy atom. The van der Waals surface area contributed by atoms with Crippen molar-refractivity contribution >= 4 is 28.5 Å². The Labute approximate surface area is 132 Å². The van der Waals surface area contributed by atoms with Crippen LogP contribution in [-0.2, 0) is 0 Å². The minimum Gasteiger partial charge on any atom is -0.496 e. The zero-order valence-corrected chi connectivity index (χ0v) is 13.5. The molecular weight excluding hydrogens is 365 g/mol. The van der Waals surface area contributed by atoms with E-state index in [9.17, 15) is 4.79 Å². The van der Waals surface area contributed by atoms with Crippen LogP contribution in [0.15, 0.2) is 48.5 Å². The Bertz CT molecular complexity index is 613. The molecule has 0 aromatic heterocycles. The molecule has 0 aliphatic rings. The maximum absolute atomic E-state index is 12.2. The van der Waals surface area contributed by atoms with Gasteiger partial charge in [0, 0.05) is 14.7 Å². The molecule has 0 spiro atoms. The number of hydrogen-bond acceptors (Lipinski definition) is 2. The van der Waals surface area contributed by atoms with Crippen molar-refractivity contribution in [2.45, 2.75) is 13.0 Å². The fourth-order valence-corrected chi connectivity index (χ4v) is 2.55. The highest BCUT2D eigenvalue weighted by molar-refractivity contribution is 14.1. The molecule has 1 amide bonds. The first-order valence-corrected chi connectivity index (χ1v) is 7.39. The minimum absolute atomic E-state index is 0.0816. The van der Waals surface area contributed by atoms with Crippen LogP contribution in [0.25, 0.3) is 0 Å².